The van der Waals surface area contributed by atoms with E-state index in [4.69, 9.17) is 5.73 Å². The SMILES string of the molecule is CCC1CCCC1N(C)CC(C)(C)CN. The average molecular weight is 212 g/mol. The molecule has 0 spiro atoms. The van der Waals surface area contributed by atoms with Gasteiger partial charge in [-0.3, -0.25) is 0 Å². The zero-order valence-corrected chi connectivity index (χ0v) is 10.9. The lowest BCUT2D eigenvalue weighted by Crippen LogP contribution is -2.43. The first-order chi connectivity index (χ1) is 7.00. The zero-order valence-electron chi connectivity index (χ0n) is 10.9. The summed E-state index contributed by atoms with van der Waals surface area (Å²) in [6.45, 7) is 8.76. The second-order valence-electron chi connectivity index (χ2n) is 5.95. The van der Waals surface area contributed by atoms with Crippen LogP contribution in [0.2, 0.25) is 0 Å². The quantitative estimate of drug-likeness (QED) is 0.758. The minimum Gasteiger partial charge on any atom is -0.330 e. The van der Waals surface area contributed by atoms with Crippen molar-refractivity contribution in [3.8, 4) is 0 Å². The third-order valence-electron chi connectivity index (χ3n) is 3.94. The normalized spacial score (nSPS) is 27.6. The smallest absolute Gasteiger partial charge is 0.0121 e. The molecule has 0 amide bonds. The van der Waals surface area contributed by atoms with Gasteiger partial charge in [0, 0.05) is 12.6 Å². The Bertz CT molecular complexity index is 189. The molecule has 1 fully saturated rings. The number of rotatable bonds is 5. The molecule has 0 bridgehead atoms. The second-order valence-corrected chi connectivity index (χ2v) is 5.95. The molecule has 0 aromatic heterocycles. The Balaban J connectivity index is 2.49. The zero-order chi connectivity index (χ0) is 11.5. The van der Waals surface area contributed by atoms with E-state index >= 15 is 0 Å². The topological polar surface area (TPSA) is 29.3 Å². The molecule has 1 aliphatic rings. The lowest BCUT2D eigenvalue weighted by molar-refractivity contribution is 0.136. The molecule has 2 nitrogen and oxygen atoms in total. The number of nitrogens with two attached hydrogens (primary N) is 1. The fraction of sp³-hybridized carbons (Fsp3) is 1.00. The Morgan fingerprint density at radius 2 is 2.00 bits per heavy atom. The van der Waals surface area contributed by atoms with Gasteiger partial charge in [-0.2, -0.15) is 0 Å². The monoisotopic (exact) mass is 212 g/mol. The summed E-state index contributed by atoms with van der Waals surface area (Å²) in [6, 6.07) is 0.806. The van der Waals surface area contributed by atoms with Gasteiger partial charge in [0.2, 0.25) is 0 Å². The van der Waals surface area contributed by atoms with Crippen LogP contribution in [0.4, 0.5) is 0 Å². The van der Waals surface area contributed by atoms with E-state index in [9.17, 15) is 0 Å². The first-order valence-corrected chi connectivity index (χ1v) is 6.40. The summed E-state index contributed by atoms with van der Waals surface area (Å²) in [5, 5.41) is 0. The summed E-state index contributed by atoms with van der Waals surface area (Å²) in [4.78, 5) is 2.55. The van der Waals surface area contributed by atoms with Gasteiger partial charge in [-0.1, -0.05) is 33.6 Å². The van der Waals surface area contributed by atoms with Crippen LogP contribution < -0.4 is 5.73 Å². The van der Waals surface area contributed by atoms with Gasteiger partial charge in [-0.05, 0) is 37.8 Å². The van der Waals surface area contributed by atoms with Crippen molar-refractivity contribution in [1.82, 2.24) is 4.90 Å². The summed E-state index contributed by atoms with van der Waals surface area (Å²) in [5.74, 6) is 0.920. The molecular formula is C13H28N2. The van der Waals surface area contributed by atoms with Gasteiger partial charge < -0.3 is 10.6 Å². The van der Waals surface area contributed by atoms with Crippen LogP contribution in [0, 0.1) is 11.3 Å². The molecule has 0 aliphatic heterocycles. The van der Waals surface area contributed by atoms with Crippen LogP contribution in [0.1, 0.15) is 46.5 Å². The van der Waals surface area contributed by atoms with Crippen LogP contribution in [0.15, 0.2) is 0 Å². The second kappa shape index (κ2) is 5.31. The van der Waals surface area contributed by atoms with Gasteiger partial charge in [-0.15, -0.1) is 0 Å². The third kappa shape index (κ3) is 3.46. The van der Waals surface area contributed by atoms with E-state index in [1.165, 1.54) is 25.7 Å². The largest absolute Gasteiger partial charge is 0.330 e. The van der Waals surface area contributed by atoms with E-state index in [0.29, 0.717) is 0 Å². The average Bonchev–Trinajstić information content (AvgIpc) is 2.64. The highest BCUT2D eigenvalue weighted by Crippen LogP contribution is 2.32. The molecule has 0 heterocycles. The molecular weight excluding hydrogens is 184 g/mol. The Morgan fingerprint density at radius 1 is 1.33 bits per heavy atom. The predicted molar refractivity (Wildman–Crippen MR) is 66.9 cm³/mol. The lowest BCUT2D eigenvalue weighted by Gasteiger charge is -2.35. The Hall–Kier alpha value is -0.0800. The van der Waals surface area contributed by atoms with E-state index < -0.39 is 0 Å². The van der Waals surface area contributed by atoms with Crippen molar-refractivity contribution in [1.29, 1.82) is 0 Å². The molecule has 0 aromatic carbocycles. The molecule has 2 N–H and O–H groups in total. The van der Waals surface area contributed by atoms with Crippen LogP contribution in [0.3, 0.4) is 0 Å². The van der Waals surface area contributed by atoms with E-state index in [1.54, 1.807) is 0 Å². The number of hydrogen-bond donors (Lipinski definition) is 1. The maximum Gasteiger partial charge on any atom is 0.0121 e. The van der Waals surface area contributed by atoms with E-state index in [1.807, 2.05) is 0 Å². The summed E-state index contributed by atoms with van der Waals surface area (Å²) in [5.41, 5.74) is 6.05. The van der Waals surface area contributed by atoms with E-state index in [2.05, 4.69) is 32.7 Å². The van der Waals surface area contributed by atoms with E-state index in [-0.39, 0.29) is 5.41 Å². The van der Waals surface area contributed by atoms with Gasteiger partial charge in [0.1, 0.15) is 0 Å². The minimum absolute atomic E-state index is 0.260. The van der Waals surface area contributed by atoms with Crippen molar-refractivity contribution < 1.29 is 0 Å². The highest BCUT2D eigenvalue weighted by molar-refractivity contribution is 4.86. The molecule has 15 heavy (non-hydrogen) atoms. The van der Waals surface area contributed by atoms with Gasteiger partial charge in [0.25, 0.3) is 0 Å². The van der Waals surface area contributed by atoms with Gasteiger partial charge in [0.15, 0.2) is 0 Å². The summed E-state index contributed by atoms with van der Waals surface area (Å²) in [7, 11) is 2.27. The third-order valence-corrected chi connectivity index (χ3v) is 3.94. The number of nitrogens with zero attached hydrogens (tertiary/aromatic N) is 1. The summed E-state index contributed by atoms with van der Waals surface area (Å²) < 4.78 is 0. The molecule has 0 aromatic rings. The molecule has 2 atom stereocenters. The van der Waals surface area contributed by atoms with Crippen LogP contribution in [-0.2, 0) is 0 Å². The Morgan fingerprint density at radius 3 is 2.53 bits per heavy atom. The fourth-order valence-electron chi connectivity index (χ4n) is 2.93. The summed E-state index contributed by atoms with van der Waals surface area (Å²) >= 11 is 0. The molecule has 0 saturated heterocycles. The standard InChI is InChI=1S/C13H28N2/c1-5-11-7-6-8-12(11)15(4)10-13(2,3)9-14/h11-12H,5-10,14H2,1-4H3. The Kier molecular flexibility index (Phi) is 4.60. The van der Waals surface area contributed by atoms with Crippen molar-refractivity contribution in [2.45, 2.75) is 52.5 Å². The molecule has 2 unspecified atom stereocenters. The minimum atomic E-state index is 0.260. The molecule has 0 radical (unpaired) electrons. The molecule has 1 rings (SSSR count). The molecule has 1 saturated carbocycles. The van der Waals surface area contributed by atoms with Crippen LogP contribution in [0.5, 0.6) is 0 Å². The van der Waals surface area contributed by atoms with Crippen molar-refractivity contribution in [2.24, 2.45) is 17.1 Å². The predicted octanol–water partition coefficient (Wildman–Crippen LogP) is 2.48. The maximum absolute atomic E-state index is 5.79. The maximum atomic E-state index is 5.79. The molecule has 2 heteroatoms. The number of hydrogen-bond acceptors (Lipinski definition) is 2. The van der Waals surface area contributed by atoms with Crippen LogP contribution in [0.25, 0.3) is 0 Å². The van der Waals surface area contributed by atoms with E-state index in [0.717, 1.165) is 25.0 Å². The van der Waals surface area contributed by atoms with Crippen LogP contribution >= 0.6 is 0 Å². The van der Waals surface area contributed by atoms with Gasteiger partial charge in [0.05, 0.1) is 0 Å². The van der Waals surface area contributed by atoms with Crippen molar-refractivity contribution in [3.05, 3.63) is 0 Å². The van der Waals surface area contributed by atoms with Crippen molar-refractivity contribution in [3.63, 3.8) is 0 Å². The highest BCUT2D eigenvalue weighted by atomic mass is 15.1. The molecule has 90 valence electrons. The lowest BCUT2D eigenvalue weighted by atomic mass is 9.91. The first-order valence-electron chi connectivity index (χ1n) is 6.40. The van der Waals surface area contributed by atoms with Crippen molar-refractivity contribution in [2.75, 3.05) is 20.1 Å². The van der Waals surface area contributed by atoms with Crippen molar-refractivity contribution >= 4 is 0 Å². The molecule has 1 aliphatic carbocycles. The van der Waals surface area contributed by atoms with Gasteiger partial charge in [-0.25, -0.2) is 0 Å². The highest BCUT2D eigenvalue weighted by Gasteiger charge is 2.31. The Labute approximate surface area is 95.2 Å². The van der Waals surface area contributed by atoms with Crippen LogP contribution in [-0.4, -0.2) is 31.1 Å². The van der Waals surface area contributed by atoms with Gasteiger partial charge >= 0.3 is 0 Å². The summed E-state index contributed by atoms with van der Waals surface area (Å²) in [6.07, 6.45) is 5.55. The first kappa shape index (κ1) is 13.0. The fourth-order valence-corrected chi connectivity index (χ4v) is 2.93.